The second-order valence-electron chi connectivity index (χ2n) is 10.6. The van der Waals surface area contributed by atoms with Crippen LogP contribution in [-0.2, 0) is 29.9 Å². The lowest BCUT2D eigenvalue weighted by atomic mass is 9.92. The van der Waals surface area contributed by atoms with Crippen LogP contribution in [-0.4, -0.2) is 45.3 Å². The van der Waals surface area contributed by atoms with E-state index in [1.807, 2.05) is 37.2 Å². The number of ether oxygens (including phenoxy) is 2. The number of amides is 1. The molecule has 0 aliphatic carbocycles. The molecular weight excluding hydrogens is 475 g/mol. The van der Waals surface area contributed by atoms with Gasteiger partial charge in [-0.2, -0.15) is 18.2 Å². The molecule has 1 aromatic carbocycles. The van der Waals surface area contributed by atoms with Crippen molar-refractivity contribution in [1.82, 2.24) is 9.36 Å². The third-order valence-electron chi connectivity index (χ3n) is 6.46. The summed E-state index contributed by atoms with van der Waals surface area (Å²) in [6, 6.07) is 4.48. The summed E-state index contributed by atoms with van der Waals surface area (Å²) in [4.78, 5) is 17.6. The Morgan fingerprint density at radius 1 is 1.22 bits per heavy atom. The van der Waals surface area contributed by atoms with Crippen LogP contribution in [0.1, 0.15) is 75.5 Å². The summed E-state index contributed by atoms with van der Waals surface area (Å²) in [5.41, 5.74) is -1.53. The standard InChI is InChI=1S/C26H36F3N3O4/c1-7-25(5,34)16-36-20-11-10-17(26(27,28)29)13-19(20)23(33)30-22-14-21(24(2,3)4)31(6)32(22)15-18-9-8-12-35-18/h10-11,13-14,18,34H,7-9,12,15-16H2,1-6H3/t18-,25?/m1/s1. The molecule has 1 aliphatic heterocycles. The Labute approximate surface area is 209 Å². The first-order valence-corrected chi connectivity index (χ1v) is 12.2. The van der Waals surface area contributed by atoms with Crippen LogP contribution in [0.15, 0.2) is 29.3 Å². The lowest BCUT2D eigenvalue weighted by Crippen LogP contribution is -2.31. The first kappa shape index (κ1) is 28.0. The molecular formula is C26H36F3N3O4. The van der Waals surface area contributed by atoms with Gasteiger partial charge in [-0.05, 0) is 44.4 Å². The molecule has 7 nitrogen and oxygen atoms in total. The molecule has 2 aromatic rings. The number of aliphatic hydroxyl groups is 1. The Hall–Kier alpha value is -2.59. The summed E-state index contributed by atoms with van der Waals surface area (Å²) in [5.74, 6) is -0.928. The van der Waals surface area contributed by atoms with Gasteiger partial charge in [-0.1, -0.05) is 27.7 Å². The van der Waals surface area contributed by atoms with Crippen LogP contribution in [0.2, 0.25) is 0 Å². The van der Waals surface area contributed by atoms with Gasteiger partial charge >= 0.3 is 6.18 Å². The fraction of sp³-hybridized carbons (Fsp3) is 0.615. The quantitative estimate of drug-likeness (QED) is 0.589. The molecule has 1 aliphatic rings. The lowest BCUT2D eigenvalue weighted by Gasteiger charge is -2.22. The highest BCUT2D eigenvalue weighted by Gasteiger charge is 2.33. The molecule has 1 aromatic heterocycles. The van der Waals surface area contributed by atoms with Crippen LogP contribution in [0.25, 0.3) is 0 Å². The van der Waals surface area contributed by atoms with Crippen LogP contribution < -0.4 is 10.2 Å². The summed E-state index contributed by atoms with van der Waals surface area (Å²) >= 11 is 0. The minimum atomic E-state index is -4.64. The van der Waals surface area contributed by atoms with Gasteiger partial charge in [0.2, 0.25) is 0 Å². The van der Waals surface area contributed by atoms with Gasteiger partial charge in [-0.15, -0.1) is 0 Å². The van der Waals surface area contributed by atoms with E-state index in [2.05, 4.69) is 4.99 Å². The summed E-state index contributed by atoms with van der Waals surface area (Å²) in [6.07, 6.45) is -2.50. The van der Waals surface area contributed by atoms with Crippen molar-refractivity contribution in [1.29, 1.82) is 0 Å². The molecule has 1 unspecified atom stereocenters. The Bertz CT molecular complexity index is 1150. The van der Waals surface area contributed by atoms with E-state index in [4.69, 9.17) is 9.47 Å². The number of carbonyl (C=O) groups is 1. The zero-order valence-electron chi connectivity index (χ0n) is 21.8. The van der Waals surface area contributed by atoms with Crippen molar-refractivity contribution in [2.75, 3.05) is 13.2 Å². The molecule has 1 amide bonds. The molecule has 1 N–H and O–H groups in total. The maximum absolute atomic E-state index is 13.5. The van der Waals surface area contributed by atoms with Gasteiger partial charge in [0.25, 0.3) is 5.91 Å². The van der Waals surface area contributed by atoms with Gasteiger partial charge in [-0.25, -0.2) is 0 Å². The summed E-state index contributed by atoms with van der Waals surface area (Å²) in [6.45, 7) is 10.3. The molecule has 0 saturated carbocycles. The third-order valence-corrected chi connectivity index (χ3v) is 6.46. The largest absolute Gasteiger partial charge is 0.490 e. The van der Waals surface area contributed by atoms with Gasteiger partial charge < -0.3 is 14.6 Å². The Morgan fingerprint density at radius 2 is 1.92 bits per heavy atom. The number of hydrogen-bond donors (Lipinski definition) is 1. The van der Waals surface area contributed by atoms with Crippen LogP contribution in [0, 0.1) is 0 Å². The number of benzene rings is 1. The van der Waals surface area contributed by atoms with Crippen molar-refractivity contribution in [3.05, 3.63) is 46.6 Å². The predicted molar refractivity (Wildman–Crippen MR) is 129 cm³/mol. The van der Waals surface area contributed by atoms with Crippen molar-refractivity contribution >= 4 is 5.91 Å². The Morgan fingerprint density at radius 3 is 2.47 bits per heavy atom. The van der Waals surface area contributed by atoms with Crippen LogP contribution in [0.5, 0.6) is 5.75 Å². The van der Waals surface area contributed by atoms with Crippen molar-refractivity contribution in [2.24, 2.45) is 12.0 Å². The highest BCUT2D eigenvalue weighted by molar-refractivity contribution is 5.97. The topological polar surface area (TPSA) is 78.0 Å². The fourth-order valence-electron chi connectivity index (χ4n) is 4.06. The van der Waals surface area contributed by atoms with E-state index < -0.39 is 23.2 Å². The Kier molecular flexibility index (Phi) is 8.10. The number of nitrogens with zero attached hydrogens (tertiary/aromatic N) is 3. The second kappa shape index (κ2) is 10.4. The number of aromatic nitrogens is 2. The zero-order valence-corrected chi connectivity index (χ0v) is 21.8. The molecule has 1 fully saturated rings. The number of rotatable bonds is 7. The molecule has 2 heterocycles. The summed E-state index contributed by atoms with van der Waals surface area (Å²) in [5, 5.41) is 10.3. The van der Waals surface area contributed by atoms with Gasteiger partial charge in [0.05, 0.1) is 29.4 Å². The van der Waals surface area contributed by atoms with E-state index in [-0.39, 0.29) is 29.4 Å². The molecule has 2 atom stereocenters. The van der Waals surface area contributed by atoms with Crippen molar-refractivity contribution in [3.8, 4) is 5.75 Å². The zero-order chi connectivity index (χ0) is 26.9. The average molecular weight is 512 g/mol. The van der Waals surface area contributed by atoms with Crippen molar-refractivity contribution < 1.29 is 32.5 Å². The van der Waals surface area contributed by atoms with Crippen LogP contribution in [0.3, 0.4) is 0 Å². The van der Waals surface area contributed by atoms with E-state index in [0.29, 0.717) is 25.1 Å². The number of halogens is 3. The van der Waals surface area contributed by atoms with Crippen molar-refractivity contribution in [3.63, 3.8) is 0 Å². The SMILES string of the molecule is CCC(C)(O)COc1ccc(C(F)(F)F)cc1C(=O)N=c1cc(C(C)(C)C)n(C)n1C[C@H]1CCCO1. The summed E-state index contributed by atoms with van der Waals surface area (Å²) < 4.78 is 55.5. The van der Waals surface area contributed by atoms with Crippen LogP contribution in [0.4, 0.5) is 13.2 Å². The lowest BCUT2D eigenvalue weighted by molar-refractivity contribution is -0.137. The second-order valence-corrected chi connectivity index (χ2v) is 10.6. The maximum Gasteiger partial charge on any atom is 0.416 e. The molecule has 0 spiro atoms. The summed E-state index contributed by atoms with van der Waals surface area (Å²) in [7, 11) is 1.87. The van der Waals surface area contributed by atoms with Gasteiger partial charge in [0.1, 0.15) is 12.4 Å². The normalized spacial score (nSPS) is 18.9. The first-order chi connectivity index (χ1) is 16.6. The maximum atomic E-state index is 13.5. The minimum absolute atomic E-state index is 0.0378. The van der Waals surface area contributed by atoms with E-state index in [0.717, 1.165) is 36.7 Å². The van der Waals surface area contributed by atoms with E-state index in [9.17, 15) is 23.1 Å². The third kappa shape index (κ3) is 6.59. The van der Waals surface area contributed by atoms with Crippen molar-refractivity contribution in [2.45, 2.75) is 83.7 Å². The van der Waals surface area contributed by atoms with E-state index in [1.54, 1.807) is 19.9 Å². The molecule has 200 valence electrons. The molecule has 10 heteroatoms. The van der Waals surface area contributed by atoms with Gasteiger partial charge in [0.15, 0.2) is 5.49 Å². The highest BCUT2D eigenvalue weighted by Crippen LogP contribution is 2.33. The number of alkyl halides is 3. The predicted octanol–water partition coefficient (Wildman–Crippen LogP) is 4.60. The average Bonchev–Trinajstić information content (AvgIpc) is 3.40. The number of carbonyl (C=O) groups excluding carboxylic acids is 1. The molecule has 3 rings (SSSR count). The molecule has 0 bridgehead atoms. The van der Waals surface area contributed by atoms with E-state index >= 15 is 0 Å². The van der Waals surface area contributed by atoms with Crippen LogP contribution >= 0.6 is 0 Å². The van der Waals surface area contributed by atoms with Gasteiger partial charge in [-0.3, -0.25) is 14.2 Å². The molecule has 0 radical (unpaired) electrons. The molecule has 1 saturated heterocycles. The Balaban J connectivity index is 2.10. The highest BCUT2D eigenvalue weighted by atomic mass is 19.4. The minimum Gasteiger partial charge on any atom is -0.490 e. The molecule has 36 heavy (non-hydrogen) atoms. The monoisotopic (exact) mass is 511 g/mol. The van der Waals surface area contributed by atoms with Gasteiger partial charge in [0, 0.05) is 30.8 Å². The fourth-order valence-corrected chi connectivity index (χ4v) is 4.06. The smallest absolute Gasteiger partial charge is 0.416 e. The number of hydrogen-bond acceptors (Lipinski definition) is 4. The first-order valence-electron chi connectivity index (χ1n) is 12.2. The van der Waals surface area contributed by atoms with E-state index in [1.165, 1.54) is 0 Å².